The second-order valence-corrected chi connectivity index (χ2v) is 8.06. The number of benzene rings is 1. The van der Waals surface area contributed by atoms with Crippen LogP contribution in [0.4, 0.5) is 4.39 Å². The molecule has 0 aliphatic heterocycles. The van der Waals surface area contributed by atoms with Crippen LogP contribution in [-0.2, 0) is 0 Å². The Hall–Kier alpha value is -1.46. The van der Waals surface area contributed by atoms with E-state index in [0.717, 1.165) is 35.8 Å². The number of hydrogen-bond donors (Lipinski definition) is 2. The minimum absolute atomic E-state index is 0.0241. The monoisotopic (exact) mass is 332 g/mol. The van der Waals surface area contributed by atoms with Crippen LogP contribution in [0, 0.1) is 17.7 Å². The number of carbonyl (C=O) groups excluding carboxylic acids is 1. The number of amides is 1. The molecule has 2 saturated carbocycles. The Morgan fingerprint density at radius 3 is 2.70 bits per heavy atom. The van der Waals surface area contributed by atoms with Crippen LogP contribution >= 0.6 is 11.3 Å². The summed E-state index contributed by atoms with van der Waals surface area (Å²) in [4.78, 5) is 13.3. The molecule has 0 saturated heterocycles. The molecule has 122 valence electrons. The van der Waals surface area contributed by atoms with E-state index < -0.39 is 0 Å². The van der Waals surface area contributed by atoms with Crippen molar-refractivity contribution in [1.82, 2.24) is 5.32 Å². The van der Waals surface area contributed by atoms with E-state index in [4.69, 9.17) is 5.73 Å². The lowest BCUT2D eigenvalue weighted by atomic mass is 9.67. The van der Waals surface area contributed by atoms with Gasteiger partial charge in [0.25, 0.3) is 5.91 Å². The van der Waals surface area contributed by atoms with Gasteiger partial charge in [-0.25, -0.2) is 4.39 Å². The first-order chi connectivity index (χ1) is 11.1. The van der Waals surface area contributed by atoms with Crippen molar-refractivity contribution in [2.45, 2.75) is 44.2 Å². The van der Waals surface area contributed by atoms with Gasteiger partial charge in [0, 0.05) is 16.8 Å². The van der Waals surface area contributed by atoms with Crippen LogP contribution in [0.1, 0.15) is 41.8 Å². The highest BCUT2D eigenvalue weighted by Crippen LogP contribution is 2.40. The van der Waals surface area contributed by atoms with Gasteiger partial charge in [0.2, 0.25) is 0 Å². The molecular weight excluding hydrogens is 311 g/mol. The largest absolute Gasteiger partial charge is 0.348 e. The lowest BCUT2D eigenvalue weighted by molar-refractivity contribution is 0.0759. The standard InChI is InChI=1S/C18H21FN2OS/c19-13-4-5-15-12(6-13)9-16(23-15)18(22)21-17-10-2-1-3-11(17)8-14(20)7-10/h4-6,9-11,14,17H,1-3,7-8,20H2,(H,21,22). The molecule has 2 fully saturated rings. The molecule has 1 heterocycles. The van der Waals surface area contributed by atoms with Crippen LogP contribution in [0.5, 0.6) is 0 Å². The molecule has 23 heavy (non-hydrogen) atoms. The first kappa shape index (κ1) is 15.1. The lowest BCUT2D eigenvalue weighted by Crippen LogP contribution is -2.53. The van der Waals surface area contributed by atoms with Gasteiger partial charge in [0.05, 0.1) is 4.88 Å². The fourth-order valence-electron chi connectivity index (χ4n) is 4.37. The maximum Gasteiger partial charge on any atom is 0.261 e. The third kappa shape index (κ3) is 2.88. The summed E-state index contributed by atoms with van der Waals surface area (Å²) in [7, 11) is 0. The Balaban J connectivity index is 1.54. The Morgan fingerprint density at radius 1 is 1.22 bits per heavy atom. The molecule has 1 amide bonds. The van der Waals surface area contributed by atoms with Crippen molar-refractivity contribution in [3.63, 3.8) is 0 Å². The van der Waals surface area contributed by atoms with E-state index in [2.05, 4.69) is 5.32 Å². The average Bonchev–Trinajstić information content (AvgIpc) is 2.91. The summed E-state index contributed by atoms with van der Waals surface area (Å²) in [6.07, 6.45) is 5.59. The van der Waals surface area contributed by atoms with Gasteiger partial charge in [0.15, 0.2) is 0 Å². The summed E-state index contributed by atoms with van der Waals surface area (Å²) in [5, 5.41) is 4.05. The summed E-state index contributed by atoms with van der Waals surface area (Å²) in [6.45, 7) is 0. The van der Waals surface area contributed by atoms with E-state index in [1.165, 1.54) is 29.9 Å². The van der Waals surface area contributed by atoms with Gasteiger partial charge in [-0.1, -0.05) is 6.42 Å². The van der Waals surface area contributed by atoms with E-state index in [9.17, 15) is 9.18 Å². The fraction of sp³-hybridized carbons (Fsp3) is 0.500. The van der Waals surface area contributed by atoms with Crippen molar-refractivity contribution in [3.05, 3.63) is 35.0 Å². The molecular formula is C18H21FN2OS. The molecule has 2 aromatic rings. The predicted molar refractivity (Wildman–Crippen MR) is 91.1 cm³/mol. The minimum atomic E-state index is -0.266. The second-order valence-electron chi connectivity index (χ2n) is 6.97. The van der Waals surface area contributed by atoms with E-state index >= 15 is 0 Å². The molecule has 0 radical (unpaired) electrons. The third-order valence-corrected chi connectivity index (χ3v) is 6.49. The zero-order valence-corrected chi connectivity index (χ0v) is 13.7. The molecule has 2 atom stereocenters. The number of nitrogens with one attached hydrogen (secondary N) is 1. The molecule has 0 spiro atoms. The van der Waals surface area contributed by atoms with Gasteiger partial charge >= 0.3 is 0 Å². The van der Waals surface area contributed by atoms with Crippen LogP contribution in [0.2, 0.25) is 0 Å². The van der Waals surface area contributed by atoms with Crippen molar-refractivity contribution in [2.24, 2.45) is 17.6 Å². The van der Waals surface area contributed by atoms with Crippen molar-refractivity contribution >= 4 is 27.3 Å². The van der Waals surface area contributed by atoms with Crippen LogP contribution in [-0.4, -0.2) is 18.0 Å². The SMILES string of the molecule is NC1CC2CCCC(C1)C2NC(=O)c1cc2cc(F)ccc2s1. The van der Waals surface area contributed by atoms with Gasteiger partial charge in [-0.15, -0.1) is 11.3 Å². The van der Waals surface area contributed by atoms with Crippen LogP contribution in [0.25, 0.3) is 10.1 Å². The van der Waals surface area contributed by atoms with Crippen molar-refractivity contribution in [1.29, 1.82) is 0 Å². The molecule has 1 aromatic carbocycles. The zero-order chi connectivity index (χ0) is 16.0. The molecule has 2 unspecified atom stereocenters. The Kier molecular flexibility index (Phi) is 3.85. The zero-order valence-electron chi connectivity index (χ0n) is 12.9. The number of rotatable bonds is 2. The van der Waals surface area contributed by atoms with Gasteiger partial charge < -0.3 is 11.1 Å². The molecule has 1 aromatic heterocycles. The molecule has 2 aliphatic rings. The maximum atomic E-state index is 13.3. The average molecular weight is 332 g/mol. The summed E-state index contributed by atoms with van der Waals surface area (Å²) >= 11 is 1.43. The molecule has 2 aliphatic carbocycles. The highest BCUT2D eigenvalue weighted by Gasteiger charge is 2.40. The highest BCUT2D eigenvalue weighted by atomic mass is 32.1. The van der Waals surface area contributed by atoms with Crippen molar-refractivity contribution in [3.8, 4) is 0 Å². The molecule has 2 bridgehead atoms. The normalized spacial score (nSPS) is 30.3. The van der Waals surface area contributed by atoms with Gasteiger partial charge in [0.1, 0.15) is 5.82 Å². The molecule has 5 heteroatoms. The molecule has 3 nitrogen and oxygen atoms in total. The van der Waals surface area contributed by atoms with Crippen LogP contribution in [0.3, 0.4) is 0 Å². The van der Waals surface area contributed by atoms with Crippen LogP contribution < -0.4 is 11.1 Å². The van der Waals surface area contributed by atoms with E-state index in [0.29, 0.717) is 16.7 Å². The topological polar surface area (TPSA) is 55.1 Å². The van der Waals surface area contributed by atoms with Crippen molar-refractivity contribution < 1.29 is 9.18 Å². The number of fused-ring (bicyclic) bond motifs is 3. The molecule has 3 N–H and O–H groups in total. The summed E-state index contributed by atoms with van der Waals surface area (Å²) < 4.78 is 14.3. The number of hydrogen-bond acceptors (Lipinski definition) is 3. The van der Waals surface area contributed by atoms with Crippen LogP contribution in [0.15, 0.2) is 24.3 Å². The third-order valence-electron chi connectivity index (χ3n) is 5.38. The first-order valence-corrected chi connectivity index (χ1v) is 9.17. The number of halogens is 1. The van der Waals surface area contributed by atoms with Gasteiger partial charge in [-0.3, -0.25) is 4.79 Å². The summed E-state index contributed by atoms with van der Waals surface area (Å²) in [6, 6.07) is 6.98. The minimum Gasteiger partial charge on any atom is -0.348 e. The Labute approximate surface area is 139 Å². The highest BCUT2D eigenvalue weighted by molar-refractivity contribution is 7.20. The number of thiophene rings is 1. The van der Waals surface area contributed by atoms with E-state index in [-0.39, 0.29) is 23.8 Å². The molecule has 4 rings (SSSR count). The predicted octanol–water partition coefficient (Wildman–Crippen LogP) is 3.68. The quantitative estimate of drug-likeness (QED) is 0.881. The lowest BCUT2D eigenvalue weighted by Gasteiger charge is -2.45. The van der Waals surface area contributed by atoms with Gasteiger partial charge in [-0.05, 0) is 67.2 Å². The Bertz CT molecular complexity index is 730. The fourth-order valence-corrected chi connectivity index (χ4v) is 5.32. The summed E-state index contributed by atoms with van der Waals surface area (Å²) in [5.41, 5.74) is 6.15. The van der Waals surface area contributed by atoms with Crippen molar-refractivity contribution in [2.75, 3.05) is 0 Å². The Morgan fingerprint density at radius 2 is 1.96 bits per heavy atom. The van der Waals surface area contributed by atoms with Gasteiger partial charge in [-0.2, -0.15) is 0 Å². The number of carbonyl (C=O) groups is 1. The van der Waals surface area contributed by atoms with E-state index in [1.807, 2.05) is 0 Å². The summed E-state index contributed by atoms with van der Waals surface area (Å²) in [5.74, 6) is 0.726. The first-order valence-electron chi connectivity index (χ1n) is 8.35. The second kappa shape index (κ2) is 5.87. The van der Waals surface area contributed by atoms with E-state index in [1.54, 1.807) is 12.1 Å². The smallest absolute Gasteiger partial charge is 0.261 e. The number of nitrogens with two attached hydrogens (primary N) is 1. The maximum absolute atomic E-state index is 13.3.